The lowest BCUT2D eigenvalue weighted by atomic mass is 9.77. The van der Waals surface area contributed by atoms with Crippen molar-refractivity contribution in [2.45, 2.75) is 78.8 Å². The van der Waals surface area contributed by atoms with Gasteiger partial charge in [-0.3, -0.25) is 4.90 Å². The fraction of sp³-hybridized carbons (Fsp3) is 1.00. The molecule has 1 saturated heterocycles. The Labute approximate surface area is 126 Å². The molecule has 1 heterocycles. The molecule has 1 N–H and O–H groups in total. The Bertz CT molecular complexity index is 316. The van der Waals surface area contributed by atoms with Gasteiger partial charge in [0.05, 0.1) is 0 Å². The van der Waals surface area contributed by atoms with Gasteiger partial charge in [0, 0.05) is 12.1 Å². The molecule has 1 saturated carbocycles. The molecule has 0 aromatic carbocycles. The fourth-order valence-electron chi connectivity index (χ4n) is 4.66. The van der Waals surface area contributed by atoms with Gasteiger partial charge in [-0.1, -0.05) is 34.6 Å². The summed E-state index contributed by atoms with van der Waals surface area (Å²) < 4.78 is 0. The van der Waals surface area contributed by atoms with E-state index in [-0.39, 0.29) is 0 Å². The van der Waals surface area contributed by atoms with Crippen molar-refractivity contribution in [3.8, 4) is 0 Å². The summed E-state index contributed by atoms with van der Waals surface area (Å²) in [6.45, 7) is 14.7. The van der Waals surface area contributed by atoms with Crippen molar-refractivity contribution in [1.29, 1.82) is 0 Å². The van der Waals surface area contributed by atoms with Crippen LogP contribution in [0, 0.1) is 16.7 Å². The Kier molecular flexibility index (Phi) is 4.86. The molecular weight excluding hydrogens is 244 g/mol. The molecule has 0 spiro atoms. The van der Waals surface area contributed by atoms with E-state index in [1.54, 1.807) is 0 Å². The van der Waals surface area contributed by atoms with Crippen LogP contribution in [0.25, 0.3) is 0 Å². The average molecular weight is 280 g/mol. The summed E-state index contributed by atoms with van der Waals surface area (Å²) in [7, 11) is 2.15. The maximum Gasteiger partial charge on any atom is 0.0271 e. The van der Waals surface area contributed by atoms with Crippen molar-refractivity contribution in [3.05, 3.63) is 0 Å². The van der Waals surface area contributed by atoms with Crippen LogP contribution in [0.3, 0.4) is 0 Å². The van der Waals surface area contributed by atoms with Gasteiger partial charge in [-0.05, 0) is 69.0 Å². The zero-order valence-corrected chi connectivity index (χ0v) is 14.6. The molecule has 0 aromatic rings. The van der Waals surface area contributed by atoms with E-state index in [1.165, 1.54) is 45.2 Å². The highest BCUT2D eigenvalue weighted by Gasteiger charge is 2.43. The van der Waals surface area contributed by atoms with E-state index in [0.29, 0.717) is 16.9 Å². The van der Waals surface area contributed by atoms with Crippen molar-refractivity contribution in [2.75, 3.05) is 20.1 Å². The first kappa shape index (κ1) is 16.3. The van der Waals surface area contributed by atoms with Crippen LogP contribution in [0.5, 0.6) is 0 Å². The molecule has 20 heavy (non-hydrogen) atoms. The summed E-state index contributed by atoms with van der Waals surface area (Å²) in [4.78, 5) is 2.81. The first-order chi connectivity index (χ1) is 9.25. The van der Waals surface area contributed by atoms with E-state index < -0.39 is 0 Å². The van der Waals surface area contributed by atoms with E-state index in [4.69, 9.17) is 0 Å². The molecule has 2 aliphatic rings. The van der Waals surface area contributed by atoms with Crippen LogP contribution in [0.2, 0.25) is 0 Å². The smallest absolute Gasteiger partial charge is 0.0271 e. The predicted molar refractivity (Wildman–Crippen MR) is 88.0 cm³/mol. The van der Waals surface area contributed by atoms with Gasteiger partial charge < -0.3 is 5.32 Å². The average Bonchev–Trinajstić information content (AvgIpc) is 2.53. The maximum absolute atomic E-state index is 3.62. The monoisotopic (exact) mass is 280 g/mol. The van der Waals surface area contributed by atoms with Crippen LogP contribution in [0.4, 0.5) is 0 Å². The molecule has 0 amide bonds. The van der Waals surface area contributed by atoms with E-state index in [0.717, 1.165) is 12.0 Å². The molecule has 2 fully saturated rings. The molecule has 1 aliphatic carbocycles. The van der Waals surface area contributed by atoms with E-state index in [2.05, 4.69) is 51.9 Å². The lowest BCUT2D eigenvalue weighted by Gasteiger charge is -2.37. The van der Waals surface area contributed by atoms with Gasteiger partial charge in [0.2, 0.25) is 0 Å². The molecule has 0 aromatic heterocycles. The number of nitrogens with one attached hydrogen (secondary N) is 1. The third-order valence-electron chi connectivity index (χ3n) is 6.08. The summed E-state index contributed by atoms with van der Waals surface area (Å²) in [5.74, 6) is 0.898. The fourth-order valence-corrected chi connectivity index (χ4v) is 4.66. The Hall–Kier alpha value is -0.0800. The lowest BCUT2D eigenvalue weighted by Crippen LogP contribution is -2.51. The molecule has 2 heteroatoms. The summed E-state index contributed by atoms with van der Waals surface area (Å²) in [5, 5.41) is 3.62. The third-order valence-corrected chi connectivity index (χ3v) is 6.08. The molecule has 0 bridgehead atoms. The maximum atomic E-state index is 3.62. The van der Waals surface area contributed by atoms with Crippen molar-refractivity contribution in [2.24, 2.45) is 16.7 Å². The second-order valence-corrected chi connectivity index (χ2v) is 8.89. The molecule has 118 valence electrons. The largest absolute Gasteiger partial charge is 0.315 e. The minimum absolute atomic E-state index is 0.454. The summed E-state index contributed by atoms with van der Waals surface area (Å²) >= 11 is 0. The van der Waals surface area contributed by atoms with Crippen LogP contribution in [-0.2, 0) is 0 Å². The number of hydrogen-bond donors (Lipinski definition) is 1. The molecule has 3 unspecified atom stereocenters. The highest BCUT2D eigenvalue weighted by Crippen LogP contribution is 2.41. The molecular formula is C18H36N2. The van der Waals surface area contributed by atoms with Gasteiger partial charge >= 0.3 is 0 Å². The Balaban J connectivity index is 2.01. The van der Waals surface area contributed by atoms with Gasteiger partial charge in [-0.2, -0.15) is 0 Å². The zero-order chi connectivity index (χ0) is 15.0. The van der Waals surface area contributed by atoms with Crippen LogP contribution in [-0.4, -0.2) is 37.1 Å². The number of likely N-dealkylation sites (tertiary alicyclic amines) is 1. The predicted octanol–water partition coefficient (Wildman–Crippen LogP) is 3.91. The summed E-state index contributed by atoms with van der Waals surface area (Å²) in [6, 6.07) is 1.42. The van der Waals surface area contributed by atoms with E-state index >= 15 is 0 Å². The number of nitrogens with zero attached hydrogens (tertiary/aromatic N) is 1. The Morgan fingerprint density at radius 1 is 1.05 bits per heavy atom. The molecule has 2 rings (SSSR count). The second-order valence-electron chi connectivity index (χ2n) is 8.89. The third kappa shape index (κ3) is 3.39. The van der Waals surface area contributed by atoms with Gasteiger partial charge in [0.25, 0.3) is 0 Å². The van der Waals surface area contributed by atoms with Crippen LogP contribution < -0.4 is 5.32 Å². The van der Waals surface area contributed by atoms with Crippen molar-refractivity contribution in [3.63, 3.8) is 0 Å². The summed E-state index contributed by atoms with van der Waals surface area (Å²) in [6.07, 6.45) is 6.92. The number of hydrogen-bond acceptors (Lipinski definition) is 2. The van der Waals surface area contributed by atoms with Crippen LogP contribution in [0.1, 0.15) is 66.7 Å². The summed E-state index contributed by atoms with van der Waals surface area (Å²) in [5.41, 5.74) is 0.933. The number of likely N-dealkylation sites (N-methyl/N-ethyl adjacent to an activating group) is 1. The standard InChI is InChI=1S/C18H36N2/c1-17(2,3)14-8-7-12-20(13-10-14)15-9-11-18(4,5)16(15)19-6/h14-16,19H,7-13H2,1-6H3. The minimum Gasteiger partial charge on any atom is -0.315 e. The van der Waals surface area contributed by atoms with Crippen molar-refractivity contribution < 1.29 is 0 Å². The van der Waals surface area contributed by atoms with Crippen molar-refractivity contribution in [1.82, 2.24) is 10.2 Å². The highest BCUT2D eigenvalue weighted by molar-refractivity contribution is 5.01. The van der Waals surface area contributed by atoms with Gasteiger partial charge in [-0.15, -0.1) is 0 Å². The van der Waals surface area contributed by atoms with Crippen molar-refractivity contribution >= 4 is 0 Å². The van der Waals surface area contributed by atoms with E-state index in [9.17, 15) is 0 Å². The SMILES string of the molecule is CNC1C(N2CCCC(C(C)(C)C)CC2)CCC1(C)C. The van der Waals surface area contributed by atoms with Gasteiger partial charge in [-0.25, -0.2) is 0 Å². The van der Waals surface area contributed by atoms with Gasteiger partial charge in [0.1, 0.15) is 0 Å². The molecule has 3 atom stereocenters. The van der Waals surface area contributed by atoms with E-state index in [1.807, 2.05) is 0 Å². The first-order valence-electron chi connectivity index (χ1n) is 8.67. The highest BCUT2D eigenvalue weighted by atomic mass is 15.2. The minimum atomic E-state index is 0.454. The van der Waals surface area contributed by atoms with Crippen LogP contribution in [0.15, 0.2) is 0 Å². The lowest BCUT2D eigenvalue weighted by molar-refractivity contribution is 0.145. The van der Waals surface area contributed by atoms with Crippen LogP contribution >= 0.6 is 0 Å². The van der Waals surface area contributed by atoms with Gasteiger partial charge in [0.15, 0.2) is 0 Å². The Morgan fingerprint density at radius 3 is 2.35 bits per heavy atom. The normalized spacial score (nSPS) is 36.0. The molecule has 2 nitrogen and oxygen atoms in total. The number of rotatable bonds is 2. The molecule has 1 aliphatic heterocycles. The second kappa shape index (κ2) is 5.96. The first-order valence-corrected chi connectivity index (χ1v) is 8.67. The quantitative estimate of drug-likeness (QED) is 0.825. The zero-order valence-electron chi connectivity index (χ0n) is 14.6. The Morgan fingerprint density at radius 2 is 1.75 bits per heavy atom. The topological polar surface area (TPSA) is 15.3 Å². The molecule has 0 radical (unpaired) electrons.